The van der Waals surface area contributed by atoms with Crippen LogP contribution in [0.4, 0.5) is 0 Å². The molecule has 0 aromatic heterocycles. The van der Waals surface area contributed by atoms with E-state index in [-0.39, 0.29) is 0 Å². The van der Waals surface area contributed by atoms with Crippen LogP contribution in [-0.4, -0.2) is 12.0 Å². The van der Waals surface area contributed by atoms with E-state index in [9.17, 15) is 4.79 Å². The Morgan fingerprint density at radius 2 is 2.36 bits per heavy atom. The van der Waals surface area contributed by atoms with Crippen LogP contribution in [0.1, 0.15) is 13.3 Å². The minimum atomic E-state index is -0.534. The standard InChI is InChI=1S/C10H12INO2/c1-2-9(10(12)13)14-8-5-3-4-7(11)6-8/h3-6,9H,2H2,1H3,(H2,12,13). The van der Waals surface area contributed by atoms with E-state index in [0.717, 1.165) is 3.57 Å². The second kappa shape index (κ2) is 5.19. The number of nitrogens with two attached hydrogens (primary N) is 1. The normalized spacial score (nSPS) is 12.1. The highest BCUT2D eigenvalue weighted by atomic mass is 127. The van der Waals surface area contributed by atoms with Crippen molar-refractivity contribution in [3.05, 3.63) is 27.8 Å². The van der Waals surface area contributed by atoms with Crippen LogP contribution in [0.5, 0.6) is 5.75 Å². The Hall–Kier alpha value is -0.780. The van der Waals surface area contributed by atoms with E-state index in [1.807, 2.05) is 31.2 Å². The van der Waals surface area contributed by atoms with Gasteiger partial charge in [0.05, 0.1) is 0 Å². The zero-order chi connectivity index (χ0) is 10.6. The summed E-state index contributed by atoms with van der Waals surface area (Å²) in [6.45, 7) is 1.86. The molecule has 1 aromatic rings. The first kappa shape index (κ1) is 11.3. The predicted octanol–water partition coefficient (Wildman–Crippen LogP) is 1.93. The predicted molar refractivity (Wildman–Crippen MR) is 63.1 cm³/mol. The van der Waals surface area contributed by atoms with Crippen LogP contribution in [0.2, 0.25) is 0 Å². The molecular formula is C10H12INO2. The first-order valence-corrected chi connectivity index (χ1v) is 5.43. The Labute approximate surface area is 96.8 Å². The van der Waals surface area contributed by atoms with Gasteiger partial charge in [0.2, 0.25) is 0 Å². The molecule has 3 nitrogen and oxygen atoms in total. The molecule has 1 atom stereocenters. The third-order valence-electron chi connectivity index (χ3n) is 1.76. The molecule has 0 heterocycles. The summed E-state index contributed by atoms with van der Waals surface area (Å²) in [6.07, 6.45) is 0.0501. The largest absolute Gasteiger partial charge is 0.481 e. The average Bonchev–Trinajstić information content (AvgIpc) is 2.14. The van der Waals surface area contributed by atoms with Gasteiger partial charge in [0, 0.05) is 3.57 Å². The minimum Gasteiger partial charge on any atom is -0.481 e. The summed E-state index contributed by atoms with van der Waals surface area (Å²) in [4.78, 5) is 10.9. The molecule has 76 valence electrons. The molecule has 0 aliphatic carbocycles. The maximum atomic E-state index is 10.9. The summed E-state index contributed by atoms with van der Waals surface area (Å²) >= 11 is 2.19. The lowest BCUT2D eigenvalue weighted by Gasteiger charge is -2.13. The van der Waals surface area contributed by atoms with E-state index >= 15 is 0 Å². The molecule has 14 heavy (non-hydrogen) atoms. The zero-order valence-corrected chi connectivity index (χ0v) is 10.0. The molecule has 0 saturated heterocycles. The van der Waals surface area contributed by atoms with Crippen LogP contribution in [0.15, 0.2) is 24.3 Å². The molecule has 0 bridgehead atoms. The van der Waals surface area contributed by atoms with Gasteiger partial charge in [0.25, 0.3) is 5.91 Å². The van der Waals surface area contributed by atoms with Crippen LogP contribution in [0, 0.1) is 3.57 Å². The lowest BCUT2D eigenvalue weighted by atomic mass is 10.2. The number of rotatable bonds is 4. The molecule has 1 aromatic carbocycles. The van der Waals surface area contributed by atoms with Crippen molar-refractivity contribution in [3.63, 3.8) is 0 Å². The number of benzene rings is 1. The summed E-state index contributed by atoms with van der Waals surface area (Å²) in [7, 11) is 0. The number of halogens is 1. The quantitative estimate of drug-likeness (QED) is 0.864. The summed E-state index contributed by atoms with van der Waals surface area (Å²) in [5.41, 5.74) is 5.17. The Kier molecular flexibility index (Phi) is 4.19. The number of hydrogen-bond donors (Lipinski definition) is 1. The molecule has 4 heteroatoms. The Morgan fingerprint density at radius 3 is 2.86 bits per heavy atom. The maximum absolute atomic E-state index is 10.9. The van der Waals surface area contributed by atoms with Crippen molar-refractivity contribution in [1.82, 2.24) is 0 Å². The molecule has 0 fully saturated rings. The second-order valence-electron chi connectivity index (χ2n) is 2.87. The number of ether oxygens (including phenoxy) is 1. The minimum absolute atomic E-state index is 0.425. The topological polar surface area (TPSA) is 52.3 Å². The van der Waals surface area contributed by atoms with Crippen LogP contribution < -0.4 is 10.5 Å². The fourth-order valence-electron chi connectivity index (χ4n) is 1.05. The first-order valence-electron chi connectivity index (χ1n) is 4.35. The van der Waals surface area contributed by atoms with Gasteiger partial charge in [0.15, 0.2) is 6.10 Å². The van der Waals surface area contributed by atoms with Gasteiger partial charge in [-0.2, -0.15) is 0 Å². The van der Waals surface area contributed by atoms with Gasteiger partial charge in [-0.25, -0.2) is 0 Å². The number of primary amides is 1. The van der Waals surface area contributed by atoms with Gasteiger partial charge in [-0.05, 0) is 47.2 Å². The van der Waals surface area contributed by atoms with E-state index in [2.05, 4.69) is 22.6 Å². The molecule has 2 N–H and O–H groups in total. The number of amides is 1. The van der Waals surface area contributed by atoms with E-state index in [1.165, 1.54) is 0 Å². The molecule has 0 radical (unpaired) electrons. The second-order valence-corrected chi connectivity index (χ2v) is 4.12. The first-order chi connectivity index (χ1) is 6.63. The fourth-order valence-corrected chi connectivity index (χ4v) is 1.56. The highest BCUT2D eigenvalue weighted by molar-refractivity contribution is 14.1. The van der Waals surface area contributed by atoms with Crippen molar-refractivity contribution in [3.8, 4) is 5.75 Å². The van der Waals surface area contributed by atoms with Crippen molar-refractivity contribution in [1.29, 1.82) is 0 Å². The average molecular weight is 305 g/mol. The van der Waals surface area contributed by atoms with E-state index in [0.29, 0.717) is 12.2 Å². The summed E-state index contributed by atoms with van der Waals surface area (Å²) < 4.78 is 6.50. The maximum Gasteiger partial charge on any atom is 0.258 e. The monoisotopic (exact) mass is 305 g/mol. The van der Waals surface area contributed by atoms with Gasteiger partial charge in [-0.1, -0.05) is 13.0 Å². The smallest absolute Gasteiger partial charge is 0.258 e. The molecule has 1 amide bonds. The van der Waals surface area contributed by atoms with Gasteiger partial charge in [-0.15, -0.1) is 0 Å². The lowest BCUT2D eigenvalue weighted by Crippen LogP contribution is -2.32. The molecule has 0 aliphatic rings. The molecule has 1 unspecified atom stereocenters. The van der Waals surface area contributed by atoms with Gasteiger partial charge >= 0.3 is 0 Å². The number of carbonyl (C=O) groups is 1. The number of carbonyl (C=O) groups excluding carboxylic acids is 1. The van der Waals surface area contributed by atoms with Crippen molar-refractivity contribution >= 4 is 28.5 Å². The Balaban J connectivity index is 2.72. The van der Waals surface area contributed by atoms with Crippen molar-refractivity contribution in [2.75, 3.05) is 0 Å². The molecular weight excluding hydrogens is 293 g/mol. The SMILES string of the molecule is CCC(Oc1cccc(I)c1)C(N)=O. The van der Waals surface area contributed by atoms with Crippen LogP contribution in [0.25, 0.3) is 0 Å². The zero-order valence-electron chi connectivity index (χ0n) is 7.87. The third kappa shape index (κ3) is 3.17. The van der Waals surface area contributed by atoms with Gasteiger partial charge in [0.1, 0.15) is 5.75 Å². The Bertz CT molecular complexity index is 328. The lowest BCUT2D eigenvalue weighted by molar-refractivity contribution is -0.124. The van der Waals surface area contributed by atoms with Gasteiger partial charge in [-0.3, -0.25) is 4.79 Å². The van der Waals surface area contributed by atoms with Crippen LogP contribution >= 0.6 is 22.6 Å². The van der Waals surface area contributed by atoms with Gasteiger partial charge < -0.3 is 10.5 Å². The van der Waals surface area contributed by atoms with Crippen molar-refractivity contribution in [2.24, 2.45) is 5.73 Å². The highest BCUT2D eigenvalue weighted by Crippen LogP contribution is 2.16. The number of hydrogen-bond acceptors (Lipinski definition) is 2. The highest BCUT2D eigenvalue weighted by Gasteiger charge is 2.14. The van der Waals surface area contributed by atoms with Crippen LogP contribution in [0.3, 0.4) is 0 Å². The van der Waals surface area contributed by atoms with E-state index < -0.39 is 12.0 Å². The Morgan fingerprint density at radius 1 is 1.64 bits per heavy atom. The van der Waals surface area contributed by atoms with Crippen molar-refractivity contribution in [2.45, 2.75) is 19.4 Å². The van der Waals surface area contributed by atoms with E-state index in [1.54, 1.807) is 0 Å². The van der Waals surface area contributed by atoms with Crippen molar-refractivity contribution < 1.29 is 9.53 Å². The molecule has 0 aliphatic heterocycles. The third-order valence-corrected chi connectivity index (χ3v) is 2.43. The van der Waals surface area contributed by atoms with Crippen LogP contribution in [-0.2, 0) is 4.79 Å². The molecule has 0 saturated carbocycles. The summed E-state index contributed by atoms with van der Waals surface area (Å²) in [6, 6.07) is 7.52. The van der Waals surface area contributed by atoms with E-state index in [4.69, 9.17) is 10.5 Å². The molecule has 0 spiro atoms. The summed E-state index contributed by atoms with van der Waals surface area (Å²) in [5.74, 6) is 0.258. The summed E-state index contributed by atoms with van der Waals surface area (Å²) in [5, 5.41) is 0. The molecule has 1 rings (SSSR count). The fraction of sp³-hybridized carbons (Fsp3) is 0.300.